The van der Waals surface area contributed by atoms with E-state index in [1.165, 1.54) is 61.5 Å². The molecule has 2 heterocycles. The lowest BCUT2D eigenvalue weighted by atomic mass is 9.96. The zero-order valence-electron chi connectivity index (χ0n) is 9.04. The Morgan fingerprint density at radius 3 is 1.64 bits per heavy atom. The molecule has 0 aromatic heterocycles. The zero-order valence-corrected chi connectivity index (χ0v) is 10.7. The highest BCUT2D eigenvalue weighted by atomic mass is 32.2. The van der Waals surface area contributed by atoms with Crippen LogP contribution < -0.4 is 0 Å². The first-order valence-corrected chi connectivity index (χ1v) is 8.41. The van der Waals surface area contributed by atoms with Crippen LogP contribution in [0.2, 0.25) is 0 Å². The third-order valence-electron chi connectivity index (χ3n) is 3.52. The molecule has 2 rings (SSSR count). The molecule has 0 radical (unpaired) electrons. The molecule has 0 bridgehead atoms. The Labute approximate surface area is 97.0 Å². The topological polar surface area (TPSA) is 0 Å². The predicted octanol–water partition coefficient (Wildman–Crippen LogP) is 4.05. The second-order valence-corrected chi connectivity index (χ2v) is 7.04. The van der Waals surface area contributed by atoms with E-state index >= 15 is 0 Å². The van der Waals surface area contributed by atoms with Crippen LogP contribution >= 0.6 is 23.5 Å². The van der Waals surface area contributed by atoms with Gasteiger partial charge in [-0.2, -0.15) is 23.5 Å². The minimum absolute atomic E-state index is 1.08. The van der Waals surface area contributed by atoms with Crippen molar-refractivity contribution < 1.29 is 0 Å². The first kappa shape index (κ1) is 11.2. The Hall–Kier alpha value is 0.700. The molecule has 2 fully saturated rings. The smallest absolute Gasteiger partial charge is 0.00388 e. The van der Waals surface area contributed by atoms with Crippen molar-refractivity contribution in [1.29, 1.82) is 0 Å². The minimum atomic E-state index is 1.08. The van der Waals surface area contributed by atoms with Gasteiger partial charge in [0.1, 0.15) is 0 Å². The summed E-state index contributed by atoms with van der Waals surface area (Å²) in [6.07, 6.45) is 9.06. The summed E-state index contributed by atoms with van der Waals surface area (Å²) in [6.45, 7) is 0. The highest BCUT2D eigenvalue weighted by Gasteiger charge is 2.17. The van der Waals surface area contributed by atoms with Crippen LogP contribution in [-0.2, 0) is 0 Å². The predicted molar refractivity (Wildman–Crippen MR) is 69.3 cm³/mol. The van der Waals surface area contributed by atoms with Gasteiger partial charge in [0.2, 0.25) is 0 Å². The number of hydrogen-bond acceptors (Lipinski definition) is 2. The molecule has 0 aromatic rings. The molecular weight excluding hydrogens is 208 g/mol. The highest BCUT2D eigenvalue weighted by Crippen LogP contribution is 2.30. The van der Waals surface area contributed by atoms with E-state index in [-0.39, 0.29) is 0 Å². The van der Waals surface area contributed by atoms with Crippen molar-refractivity contribution in [2.45, 2.75) is 38.5 Å². The fourth-order valence-corrected chi connectivity index (χ4v) is 5.15. The van der Waals surface area contributed by atoms with Crippen molar-refractivity contribution >= 4 is 23.5 Å². The number of thioether (sulfide) groups is 2. The van der Waals surface area contributed by atoms with E-state index in [4.69, 9.17) is 0 Å². The summed E-state index contributed by atoms with van der Waals surface area (Å²) in [4.78, 5) is 0. The van der Waals surface area contributed by atoms with Crippen LogP contribution in [0.25, 0.3) is 0 Å². The van der Waals surface area contributed by atoms with E-state index in [0.29, 0.717) is 0 Å². The standard InChI is InChI=1S/C12H22S2/c1(3-11-5-7-13-9-11)2-4-12-6-8-14-10-12/h11-12H,1-10H2. The quantitative estimate of drug-likeness (QED) is 0.653. The molecule has 0 saturated carbocycles. The first-order valence-electron chi connectivity index (χ1n) is 6.10. The third kappa shape index (κ3) is 3.69. The minimum Gasteiger partial charge on any atom is -0.162 e. The van der Waals surface area contributed by atoms with Gasteiger partial charge in [-0.05, 0) is 60.5 Å². The fourth-order valence-electron chi connectivity index (χ4n) is 2.49. The van der Waals surface area contributed by atoms with E-state index in [1.807, 2.05) is 0 Å². The molecule has 2 aliphatic rings. The fraction of sp³-hybridized carbons (Fsp3) is 1.00. The van der Waals surface area contributed by atoms with Crippen molar-refractivity contribution in [2.75, 3.05) is 23.0 Å². The summed E-state index contributed by atoms with van der Waals surface area (Å²) in [6, 6.07) is 0. The van der Waals surface area contributed by atoms with Gasteiger partial charge in [-0.1, -0.05) is 12.8 Å². The van der Waals surface area contributed by atoms with Gasteiger partial charge in [-0.15, -0.1) is 0 Å². The summed E-state index contributed by atoms with van der Waals surface area (Å²) in [5.41, 5.74) is 0. The van der Waals surface area contributed by atoms with Crippen LogP contribution in [0.1, 0.15) is 38.5 Å². The average molecular weight is 230 g/mol. The summed E-state index contributed by atoms with van der Waals surface area (Å²) in [5.74, 6) is 7.95. The van der Waals surface area contributed by atoms with E-state index < -0.39 is 0 Å². The lowest BCUT2D eigenvalue weighted by Crippen LogP contribution is -2.00. The average Bonchev–Trinajstić information content (AvgIpc) is 2.86. The van der Waals surface area contributed by atoms with Crippen LogP contribution in [-0.4, -0.2) is 23.0 Å². The van der Waals surface area contributed by atoms with Crippen molar-refractivity contribution in [3.05, 3.63) is 0 Å². The van der Waals surface area contributed by atoms with Crippen molar-refractivity contribution in [3.8, 4) is 0 Å². The summed E-state index contributed by atoms with van der Waals surface area (Å²) in [7, 11) is 0. The molecule has 2 heteroatoms. The molecule has 0 aromatic carbocycles. The molecule has 2 unspecified atom stereocenters. The van der Waals surface area contributed by atoms with Crippen LogP contribution in [0.4, 0.5) is 0 Å². The maximum atomic E-state index is 2.16. The van der Waals surface area contributed by atoms with Gasteiger partial charge in [0.05, 0.1) is 0 Å². The Bertz CT molecular complexity index is 128. The highest BCUT2D eigenvalue weighted by molar-refractivity contribution is 7.99. The van der Waals surface area contributed by atoms with Gasteiger partial charge in [-0.25, -0.2) is 0 Å². The molecule has 0 nitrogen and oxygen atoms in total. The molecule has 0 amide bonds. The van der Waals surface area contributed by atoms with Gasteiger partial charge >= 0.3 is 0 Å². The second kappa shape index (κ2) is 6.32. The molecule has 82 valence electrons. The second-order valence-electron chi connectivity index (χ2n) is 4.74. The van der Waals surface area contributed by atoms with E-state index in [9.17, 15) is 0 Å². The van der Waals surface area contributed by atoms with Crippen LogP contribution in [0, 0.1) is 11.8 Å². The van der Waals surface area contributed by atoms with E-state index in [2.05, 4.69) is 23.5 Å². The number of hydrogen-bond donors (Lipinski definition) is 0. The number of rotatable bonds is 5. The normalized spacial score (nSPS) is 32.6. The Morgan fingerprint density at radius 1 is 0.786 bits per heavy atom. The maximum Gasteiger partial charge on any atom is -0.00388 e. The summed E-state index contributed by atoms with van der Waals surface area (Å²) < 4.78 is 0. The largest absolute Gasteiger partial charge is 0.162 e. The lowest BCUT2D eigenvalue weighted by molar-refractivity contribution is 0.457. The van der Waals surface area contributed by atoms with E-state index in [1.54, 1.807) is 0 Å². The monoisotopic (exact) mass is 230 g/mol. The molecule has 0 N–H and O–H groups in total. The van der Waals surface area contributed by atoms with Crippen LogP contribution in [0.5, 0.6) is 0 Å². The molecule has 2 atom stereocenters. The lowest BCUT2D eigenvalue weighted by Gasteiger charge is -2.10. The summed E-state index contributed by atoms with van der Waals surface area (Å²) in [5, 5.41) is 0. The van der Waals surface area contributed by atoms with Crippen molar-refractivity contribution in [1.82, 2.24) is 0 Å². The van der Waals surface area contributed by atoms with Crippen molar-refractivity contribution in [3.63, 3.8) is 0 Å². The van der Waals surface area contributed by atoms with E-state index in [0.717, 1.165) is 11.8 Å². The third-order valence-corrected chi connectivity index (χ3v) is 5.99. The van der Waals surface area contributed by atoms with Gasteiger partial charge in [-0.3, -0.25) is 0 Å². The molecule has 2 saturated heterocycles. The SMILES string of the molecule is C(CCC1CCSC1)CC1CCSC1. The molecule has 2 aliphatic heterocycles. The molecular formula is C12H22S2. The van der Waals surface area contributed by atoms with Gasteiger partial charge in [0.15, 0.2) is 0 Å². The van der Waals surface area contributed by atoms with Crippen molar-refractivity contribution in [2.24, 2.45) is 11.8 Å². The van der Waals surface area contributed by atoms with Gasteiger partial charge < -0.3 is 0 Å². The Morgan fingerprint density at radius 2 is 1.29 bits per heavy atom. The van der Waals surface area contributed by atoms with Gasteiger partial charge in [0.25, 0.3) is 0 Å². The number of unbranched alkanes of at least 4 members (excludes halogenated alkanes) is 1. The molecule has 14 heavy (non-hydrogen) atoms. The summed E-state index contributed by atoms with van der Waals surface area (Å²) >= 11 is 4.32. The van der Waals surface area contributed by atoms with Crippen LogP contribution in [0.3, 0.4) is 0 Å². The van der Waals surface area contributed by atoms with Gasteiger partial charge in [0, 0.05) is 0 Å². The Kier molecular flexibility index (Phi) is 5.05. The molecule has 0 aliphatic carbocycles. The maximum absolute atomic E-state index is 2.16. The first-order chi connectivity index (χ1) is 6.95. The van der Waals surface area contributed by atoms with Crippen LogP contribution in [0.15, 0.2) is 0 Å². The molecule has 0 spiro atoms. The zero-order chi connectivity index (χ0) is 9.64. The Balaban J connectivity index is 1.46.